The molecule has 0 aromatic carbocycles. The molecule has 0 aliphatic carbocycles. The lowest BCUT2D eigenvalue weighted by atomic mass is 10.2. The third-order valence-corrected chi connectivity index (χ3v) is 3.10. The number of aryl methyl sites for hydroxylation is 1. The first-order chi connectivity index (χ1) is 10.3. The fraction of sp³-hybridized carbons (Fsp3) is 0.667. The van der Waals surface area contributed by atoms with E-state index >= 15 is 0 Å². The van der Waals surface area contributed by atoms with Gasteiger partial charge in [0.1, 0.15) is 11.4 Å². The summed E-state index contributed by atoms with van der Waals surface area (Å²) in [4.78, 5) is 18.2. The van der Waals surface area contributed by atoms with Crippen LogP contribution in [0.25, 0.3) is 0 Å². The molecule has 0 radical (unpaired) electrons. The average Bonchev–Trinajstić information content (AvgIpc) is 2.83. The molecule has 0 spiro atoms. The third kappa shape index (κ3) is 5.05. The molecule has 0 fully saturated rings. The summed E-state index contributed by atoms with van der Waals surface area (Å²) in [6, 6.07) is 0. The number of aliphatic imine (C=N–C) groups is 1. The van der Waals surface area contributed by atoms with Crippen molar-refractivity contribution in [1.29, 1.82) is 0 Å². The number of amides is 1. The summed E-state index contributed by atoms with van der Waals surface area (Å²) in [6.45, 7) is 10.8. The van der Waals surface area contributed by atoms with Gasteiger partial charge >= 0.3 is 6.09 Å². The van der Waals surface area contributed by atoms with Crippen molar-refractivity contribution in [1.82, 2.24) is 20.0 Å². The van der Waals surface area contributed by atoms with Gasteiger partial charge in [0.05, 0.1) is 25.8 Å². The van der Waals surface area contributed by atoms with Crippen molar-refractivity contribution < 1.29 is 9.53 Å². The Bertz CT molecular complexity index is 544. The Hall–Kier alpha value is -2.05. The monoisotopic (exact) mass is 307 g/mol. The topological polar surface area (TPSA) is 71.8 Å². The lowest BCUT2D eigenvalue weighted by Crippen LogP contribution is -2.47. The van der Waals surface area contributed by atoms with Gasteiger partial charge in [-0.25, -0.2) is 4.79 Å². The number of rotatable bonds is 3. The standard InChI is InChI=1S/C15H25N5O2/c1-12-9-18-20(10-12)8-6-17-13-11-19(7-5-16-13)14(21)22-15(2,3)4/h9-10H,5-8,11H2,1-4H3,(H,16,17). The normalized spacial score (nSPS) is 15.5. The van der Waals surface area contributed by atoms with Gasteiger partial charge in [-0.2, -0.15) is 5.10 Å². The SMILES string of the molecule is Cc1cnn(CCNC2=NCCN(C(=O)OC(C)(C)C)C2)c1. The van der Waals surface area contributed by atoms with Crippen molar-refractivity contribution in [3.05, 3.63) is 18.0 Å². The summed E-state index contributed by atoms with van der Waals surface area (Å²) < 4.78 is 7.28. The van der Waals surface area contributed by atoms with Gasteiger partial charge in [0, 0.05) is 19.3 Å². The number of carbonyl (C=O) groups excluding carboxylic acids is 1. The Morgan fingerprint density at radius 3 is 2.86 bits per heavy atom. The fourth-order valence-corrected chi connectivity index (χ4v) is 2.11. The lowest BCUT2D eigenvalue weighted by Gasteiger charge is -2.29. The summed E-state index contributed by atoms with van der Waals surface area (Å²) in [5, 5.41) is 7.50. The summed E-state index contributed by atoms with van der Waals surface area (Å²) in [6.07, 6.45) is 3.55. The largest absolute Gasteiger partial charge is 0.444 e. The highest BCUT2D eigenvalue weighted by Crippen LogP contribution is 2.10. The van der Waals surface area contributed by atoms with Crippen LogP contribution in [0.3, 0.4) is 0 Å². The molecular weight excluding hydrogens is 282 g/mol. The maximum Gasteiger partial charge on any atom is 0.410 e. The number of aromatic nitrogens is 2. The molecule has 1 amide bonds. The van der Waals surface area contributed by atoms with Gasteiger partial charge < -0.3 is 10.1 Å². The highest BCUT2D eigenvalue weighted by Gasteiger charge is 2.24. The molecule has 0 saturated heterocycles. The van der Waals surface area contributed by atoms with Crippen molar-refractivity contribution >= 4 is 11.9 Å². The van der Waals surface area contributed by atoms with E-state index in [1.807, 2.05) is 44.8 Å². The van der Waals surface area contributed by atoms with E-state index in [0.29, 0.717) is 19.6 Å². The molecule has 0 unspecified atom stereocenters. The minimum absolute atomic E-state index is 0.288. The minimum Gasteiger partial charge on any atom is -0.444 e. The van der Waals surface area contributed by atoms with E-state index in [1.54, 1.807) is 4.90 Å². The van der Waals surface area contributed by atoms with Crippen molar-refractivity contribution in [2.45, 2.75) is 39.8 Å². The third-order valence-electron chi connectivity index (χ3n) is 3.10. The van der Waals surface area contributed by atoms with Crippen LogP contribution < -0.4 is 5.32 Å². The Labute approximate surface area is 131 Å². The predicted molar refractivity (Wildman–Crippen MR) is 85.1 cm³/mol. The molecule has 122 valence electrons. The van der Waals surface area contributed by atoms with Crippen LogP contribution in [0.4, 0.5) is 4.79 Å². The first-order valence-electron chi connectivity index (χ1n) is 7.58. The number of hydrogen-bond donors (Lipinski definition) is 1. The Kier molecular flexibility index (Phi) is 5.05. The van der Waals surface area contributed by atoms with Gasteiger partial charge in [0.25, 0.3) is 0 Å². The average molecular weight is 307 g/mol. The van der Waals surface area contributed by atoms with E-state index in [-0.39, 0.29) is 6.09 Å². The number of hydrogen-bond acceptors (Lipinski definition) is 5. The quantitative estimate of drug-likeness (QED) is 0.917. The van der Waals surface area contributed by atoms with Crippen molar-refractivity contribution in [2.75, 3.05) is 26.2 Å². The number of amidine groups is 1. The van der Waals surface area contributed by atoms with Crippen molar-refractivity contribution in [2.24, 2.45) is 4.99 Å². The molecular formula is C15H25N5O2. The van der Waals surface area contributed by atoms with Crippen molar-refractivity contribution in [3.63, 3.8) is 0 Å². The van der Waals surface area contributed by atoms with Gasteiger partial charge in [-0.15, -0.1) is 0 Å². The zero-order valence-electron chi connectivity index (χ0n) is 13.8. The summed E-state index contributed by atoms with van der Waals surface area (Å²) >= 11 is 0. The molecule has 0 bridgehead atoms. The van der Waals surface area contributed by atoms with Crippen LogP contribution in [0, 0.1) is 6.92 Å². The van der Waals surface area contributed by atoms with E-state index in [2.05, 4.69) is 15.4 Å². The van der Waals surface area contributed by atoms with E-state index in [1.165, 1.54) is 0 Å². The van der Waals surface area contributed by atoms with Crippen LogP contribution in [0.1, 0.15) is 26.3 Å². The Balaban J connectivity index is 1.78. The first kappa shape index (κ1) is 16.3. The summed E-state index contributed by atoms with van der Waals surface area (Å²) in [5.74, 6) is 0.820. The summed E-state index contributed by atoms with van der Waals surface area (Å²) in [7, 11) is 0. The molecule has 1 N–H and O–H groups in total. The number of nitrogens with one attached hydrogen (secondary N) is 1. The van der Waals surface area contributed by atoms with Gasteiger partial charge in [0.15, 0.2) is 0 Å². The van der Waals surface area contributed by atoms with Crippen LogP contribution in [-0.2, 0) is 11.3 Å². The van der Waals surface area contributed by atoms with Gasteiger partial charge in [0.2, 0.25) is 0 Å². The zero-order valence-corrected chi connectivity index (χ0v) is 13.8. The lowest BCUT2D eigenvalue weighted by molar-refractivity contribution is 0.0276. The highest BCUT2D eigenvalue weighted by molar-refractivity contribution is 5.87. The Morgan fingerprint density at radius 1 is 1.45 bits per heavy atom. The molecule has 22 heavy (non-hydrogen) atoms. The van der Waals surface area contributed by atoms with Crippen molar-refractivity contribution in [3.8, 4) is 0 Å². The fourth-order valence-electron chi connectivity index (χ4n) is 2.11. The molecule has 0 saturated carbocycles. The number of carbonyl (C=O) groups is 1. The molecule has 2 rings (SSSR count). The van der Waals surface area contributed by atoms with Crippen LogP contribution in [0.2, 0.25) is 0 Å². The van der Waals surface area contributed by atoms with E-state index in [4.69, 9.17) is 4.74 Å². The highest BCUT2D eigenvalue weighted by atomic mass is 16.6. The molecule has 1 aliphatic heterocycles. The minimum atomic E-state index is -0.475. The second-order valence-corrected chi connectivity index (χ2v) is 6.44. The maximum absolute atomic E-state index is 12.1. The molecule has 0 atom stereocenters. The number of nitrogens with zero attached hydrogens (tertiary/aromatic N) is 4. The zero-order chi connectivity index (χ0) is 16.2. The van der Waals surface area contributed by atoms with Gasteiger partial charge in [-0.3, -0.25) is 14.6 Å². The molecule has 1 aromatic heterocycles. The van der Waals surface area contributed by atoms with Gasteiger partial charge in [-0.05, 0) is 33.3 Å². The Morgan fingerprint density at radius 2 is 2.23 bits per heavy atom. The maximum atomic E-state index is 12.1. The number of ether oxygens (including phenoxy) is 1. The first-order valence-corrected chi connectivity index (χ1v) is 7.58. The van der Waals surface area contributed by atoms with Crippen LogP contribution >= 0.6 is 0 Å². The molecule has 7 heteroatoms. The van der Waals surface area contributed by atoms with E-state index < -0.39 is 5.60 Å². The van der Waals surface area contributed by atoms with Crippen LogP contribution in [-0.4, -0.2) is 58.4 Å². The van der Waals surface area contributed by atoms with E-state index in [9.17, 15) is 4.79 Å². The second kappa shape index (κ2) is 6.81. The van der Waals surface area contributed by atoms with Crippen LogP contribution in [0.5, 0.6) is 0 Å². The molecule has 2 heterocycles. The predicted octanol–water partition coefficient (Wildman–Crippen LogP) is 1.43. The molecule has 7 nitrogen and oxygen atoms in total. The van der Waals surface area contributed by atoms with Crippen LogP contribution in [0.15, 0.2) is 17.4 Å². The van der Waals surface area contributed by atoms with E-state index in [0.717, 1.165) is 24.5 Å². The van der Waals surface area contributed by atoms with Gasteiger partial charge in [-0.1, -0.05) is 0 Å². The summed E-state index contributed by atoms with van der Waals surface area (Å²) in [5.41, 5.74) is 0.670. The second-order valence-electron chi connectivity index (χ2n) is 6.44. The molecule has 1 aliphatic rings. The molecule has 1 aromatic rings. The smallest absolute Gasteiger partial charge is 0.410 e.